The van der Waals surface area contributed by atoms with Crippen molar-refractivity contribution in [2.75, 3.05) is 0 Å². The van der Waals surface area contributed by atoms with Crippen molar-refractivity contribution in [2.24, 2.45) is 11.0 Å². The molecule has 1 aliphatic rings. The van der Waals surface area contributed by atoms with Crippen molar-refractivity contribution in [1.29, 1.82) is 0 Å². The summed E-state index contributed by atoms with van der Waals surface area (Å²) in [6, 6.07) is 10.2. The van der Waals surface area contributed by atoms with E-state index in [0.29, 0.717) is 34.6 Å². The van der Waals surface area contributed by atoms with Gasteiger partial charge in [-0.2, -0.15) is 14.9 Å². The predicted octanol–water partition coefficient (Wildman–Crippen LogP) is 4.27. The second-order valence-corrected chi connectivity index (χ2v) is 6.75. The van der Waals surface area contributed by atoms with Crippen molar-refractivity contribution >= 4 is 18.4 Å². The van der Waals surface area contributed by atoms with Gasteiger partial charge in [0, 0.05) is 12.3 Å². The first kappa shape index (κ1) is 16.0. The molecule has 3 aromatic rings. The number of benzene rings is 1. The van der Waals surface area contributed by atoms with E-state index in [0.717, 1.165) is 11.3 Å². The van der Waals surface area contributed by atoms with Gasteiger partial charge in [-0.3, -0.25) is 5.10 Å². The Kier molecular flexibility index (Phi) is 4.09. The molecular weight excluding hydrogens is 339 g/mol. The second-order valence-electron chi connectivity index (χ2n) is 6.36. The van der Waals surface area contributed by atoms with Crippen LogP contribution in [0, 0.1) is 16.5 Å². The summed E-state index contributed by atoms with van der Waals surface area (Å²) in [6.45, 7) is 2.22. The molecule has 1 N–H and O–H groups in total. The number of nitrogens with one attached hydrogen (secondary N) is 1. The summed E-state index contributed by atoms with van der Waals surface area (Å²) in [7, 11) is 0. The number of hydrogen-bond acceptors (Lipinski definition) is 4. The molecule has 0 aliphatic heterocycles. The van der Waals surface area contributed by atoms with Gasteiger partial charge in [0.15, 0.2) is 5.82 Å². The van der Waals surface area contributed by atoms with E-state index in [4.69, 9.17) is 16.6 Å². The molecule has 128 valence electrons. The van der Waals surface area contributed by atoms with E-state index >= 15 is 0 Å². The molecule has 4 rings (SSSR count). The van der Waals surface area contributed by atoms with E-state index in [9.17, 15) is 4.39 Å². The molecule has 0 saturated heterocycles. The minimum atomic E-state index is -0.265. The SMILES string of the molecule is C[C@@H]1C[C@H]1c1ccc(/C=N\n2c(Cc3ccc(F)cc3)n[nH]c2=S)o1. The van der Waals surface area contributed by atoms with Crippen molar-refractivity contribution in [3.05, 3.63) is 69.9 Å². The topological polar surface area (TPSA) is 59.1 Å². The fourth-order valence-electron chi connectivity index (χ4n) is 2.81. The summed E-state index contributed by atoms with van der Waals surface area (Å²) in [6.07, 6.45) is 3.31. The standard InChI is InChI=1S/C18H17FN4OS/c1-11-8-15(11)16-7-6-14(24-16)10-20-23-17(21-22-18(23)25)9-12-2-4-13(19)5-3-12/h2-7,10-11,15H,8-9H2,1H3,(H,22,25)/b20-10-/t11-,15-/m1/s1. The van der Waals surface area contributed by atoms with Crippen molar-refractivity contribution < 1.29 is 8.81 Å². The molecule has 1 aromatic carbocycles. The van der Waals surface area contributed by atoms with Crippen LogP contribution >= 0.6 is 12.2 Å². The maximum absolute atomic E-state index is 13.0. The first-order valence-electron chi connectivity index (χ1n) is 8.15. The lowest BCUT2D eigenvalue weighted by Gasteiger charge is -2.01. The molecule has 1 aliphatic carbocycles. The maximum atomic E-state index is 13.0. The monoisotopic (exact) mass is 356 g/mol. The van der Waals surface area contributed by atoms with Gasteiger partial charge < -0.3 is 4.42 Å². The van der Waals surface area contributed by atoms with E-state index < -0.39 is 0 Å². The van der Waals surface area contributed by atoms with Crippen molar-refractivity contribution in [1.82, 2.24) is 14.9 Å². The molecule has 0 bridgehead atoms. The predicted molar refractivity (Wildman–Crippen MR) is 94.8 cm³/mol. The first-order valence-corrected chi connectivity index (χ1v) is 8.56. The van der Waals surface area contributed by atoms with Crippen LogP contribution in [0.15, 0.2) is 45.9 Å². The highest BCUT2D eigenvalue weighted by Crippen LogP contribution is 2.47. The third kappa shape index (κ3) is 3.46. The van der Waals surface area contributed by atoms with E-state index in [1.54, 1.807) is 23.0 Å². The number of hydrogen-bond donors (Lipinski definition) is 1. The number of halogens is 1. The average Bonchev–Trinajstić information content (AvgIpc) is 3.01. The largest absolute Gasteiger partial charge is 0.460 e. The van der Waals surface area contributed by atoms with E-state index in [1.807, 2.05) is 12.1 Å². The molecule has 2 aromatic heterocycles. The molecular formula is C18H17FN4OS. The highest BCUT2D eigenvalue weighted by molar-refractivity contribution is 7.71. The Morgan fingerprint density at radius 2 is 2.12 bits per heavy atom. The Morgan fingerprint density at radius 1 is 1.36 bits per heavy atom. The zero-order valence-electron chi connectivity index (χ0n) is 13.6. The molecule has 25 heavy (non-hydrogen) atoms. The van der Waals surface area contributed by atoms with Crippen LogP contribution in [0.3, 0.4) is 0 Å². The van der Waals surface area contributed by atoms with Gasteiger partial charge in [0.2, 0.25) is 4.77 Å². The zero-order valence-corrected chi connectivity index (χ0v) is 14.5. The van der Waals surface area contributed by atoms with Gasteiger partial charge >= 0.3 is 0 Å². The molecule has 0 spiro atoms. The minimum Gasteiger partial charge on any atom is -0.460 e. The minimum absolute atomic E-state index is 0.265. The lowest BCUT2D eigenvalue weighted by molar-refractivity contribution is 0.500. The van der Waals surface area contributed by atoms with Crippen LogP contribution in [0.1, 0.15) is 42.2 Å². The summed E-state index contributed by atoms with van der Waals surface area (Å²) in [5, 5.41) is 11.3. The molecule has 5 nitrogen and oxygen atoms in total. The van der Waals surface area contributed by atoms with Crippen LogP contribution in [0.25, 0.3) is 0 Å². The van der Waals surface area contributed by atoms with Crippen LogP contribution < -0.4 is 0 Å². The fourth-order valence-corrected chi connectivity index (χ4v) is 3.01. The van der Waals surface area contributed by atoms with Crippen molar-refractivity contribution in [3.8, 4) is 0 Å². The normalized spacial score (nSPS) is 19.6. The second kappa shape index (κ2) is 6.40. The Bertz CT molecular complexity index is 970. The van der Waals surface area contributed by atoms with Crippen LogP contribution in [0.4, 0.5) is 4.39 Å². The molecule has 7 heteroatoms. The summed E-state index contributed by atoms with van der Waals surface area (Å²) < 4.78 is 20.8. The van der Waals surface area contributed by atoms with Gasteiger partial charge in [0.1, 0.15) is 17.3 Å². The Balaban J connectivity index is 1.54. The Morgan fingerprint density at radius 3 is 2.84 bits per heavy atom. The maximum Gasteiger partial charge on any atom is 0.216 e. The average molecular weight is 356 g/mol. The third-order valence-electron chi connectivity index (χ3n) is 4.42. The van der Waals surface area contributed by atoms with Crippen molar-refractivity contribution in [2.45, 2.75) is 25.7 Å². The lowest BCUT2D eigenvalue weighted by atomic mass is 10.1. The molecule has 2 heterocycles. The number of rotatable bonds is 5. The van der Waals surface area contributed by atoms with Crippen LogP contribution in [0.2, 0.25) is 0 Å². The summed E-state index contributed by atoms with van der Waals surface area (Å²) in [5.41, 5.74) is 0.926. The van der Waals surface area contributed by atoms with Gasteiger partial charge in [-0.15, -0.1) is 0 Å². The molecule has 1 saturated carbocycles. The van der Waals surface area contributed by atoms with E-state index in [1.165, 1.54) is 18.6 Å². The van der Waals surface area contributed by atoms with E-state index in [2.05, 4.69) is 22.2 Å². The molecule has 1 fully saturated rings. The van der Waals surface area contributed by atoms with Crippen LogP contribution in [0.5, 0.6) is 0 Å². The van der Waals surface area contributed by atoms with Crippen LogP contribution in [-0.4, -0.2) is 21.1 Å². The molecule has 0 amide bonds. The molecule has 0 radical (unpaired) electrons. The number of nitrogens with zero attached hydrogens (tertiary/aromatic N) is 3. The fraction of sp³-hybridized carbons (Fsp3) is 0.278. The van der Waals surface area contributed by atoms with Crippen LogP contribution in [-0.2, 0) is 6.42 Å². The highest BCUT2D eigenvalue weighted by atomic mass is 32.1. The van der Waals surface area contributed by atoms with E-state index in [-0.39, 0.29) is 5.82 Å². The van der Waals surface area contributed by atoms with Crippen molar-refractivity contribution in [3.63, 3.8) is 0 Å². The first-order chi connectivity index (χ1) is 12.1. The Labute approximate surface area is 149 Å². The zero-order chi connectivity index (χ0) is 17.4. The number of aromatic amines is 1. The summed E-state index contributed by atoms with van der Waals surface area (Å²) in [5.74, 6) is 3.31. The van der Waals surface area contributed by atoms with Gasteiger partial charge in [0.25, 0.3) is 0 Å². The number of aromatic nitrogens is 3. The quantitative estimate of drug-likeness (QED) is 0.549. The molecule has 2 atom stereocenters. The third-order valence-corrected chi connectivity index (χ3v) is 4.68. The smallest absolute Gasteiger partial charge is 0.216 e. The summed E-state index contributed by atoms with van der Waals surface area (Å²) >= 11 is 5.24. The molecule has 0 unspecified atom stereocenters. The lowest BCUT2D eigenvalue weighted by Crippen LogP contribution is -2.00. The number of H-pyrrole nitrogens is 1. The number of furan rings is 1. The van der Waals surface area contributed by atoms with Gasteiger partial charge in [-0.25, -0.2) is 4.39 Å². The van der Waals surface area contributed by atoms with Gasteiger partial charge in [-0.1, -0.05) is 19.1 Å². The summed E-state index contributed by atoms with van der Waals surface area (Å²) in [4.78, 5) is 0. The Hall–Kier alpha value is -2.54. The van der Waals surface area contributed by atoms with Gasteiger partial charge in [0.05, 0.1) is 6.21 Å². The van der Waals surface area contributed by atoms with Gasteiger partial charge in [-0.05, 0) is 54.4 Å². The highest BCUT2D eigenvalue weighted by Gasteiger charge is 2.36.